The minimum Gasteiger partial charge on any atom is -0.495 e. The number of rotatable bonds is 11. The van der Waals surface area contributed by atoms with Crippen LogP contribution < -0.4 is 25.2 Å². The van der Waals surface area contributed by atoms with Gasteiger partial charge >= 0.3 is 0 Å². The van der Waals surface area contributed by atoms with E-state index in [1.807, 2.05) is 47.8 Å². The molecule has 1 aliphatic rings. The van der Waals surface area contributed by atoms with Crippen LogP contribution >= 0.6 is 11.3 Å². The fourth-order valence-electron chi connectivity index (χ4n) is 4.44. The molecule has 196 valence electrons. The van der Waals surface area contributed by atoms with E-state index in [4.69, 9.17) is 9.47 Å². The second kappa shape index (κ2) is 13.1. The average Bonchev–Trinajstić information content (AvgIpc) is 3.44. The van der Waals surface area contributed by atoms with Crippen LogP contribution in [0.25, 0.3) is 0 Å². The van der Waals surface area contributed by atoms with E-state index in [-0.39, 0.29) is 11.8 Å². The van der Waals surface area contributed by atoms with Crippen LogP contribution in [0.1, 0.15) is 21.7 Å². The van der Waals surface area contributed by atoms with Crippen molar-refractivity contribution in [2.24, 2.45) is 0 Å². The van der Waals surface area contributed by atoms with Crippen LogP contribution in [-0.2, 0) is 16.0 Å². The molecular weight excluding hydrogens is 488 g/mol. The lowest BCUT2D eigenvalue weighted by atomic mass is 10.1. The Hall–Kier alpha value is -3.56. The molecule has 0 bridgehead atoms. The molecule has 3 aromatic rings. The van der Waals surface area contributed by atoms with E-state index < -0.39 is 0 Å². The predicted octanol–water partition coefficient (Wildman–Crippen LogP) is 4.03. The number of carbonyl (C=O) groups excluding carboxylic acids is 2. The van der Waals surface area contributed by atoms with E-state index in [2.05, 4.69) is 26.5 Å². The van der Waals surface area contributed by atoms with Crippen molar-refractivity contribution in [3.05, 3.63) is 70.4 Å². The summed E-state index contributed by atoms with van der Waals surface area (Å²) in [4.78, 5) is 31.3. The van der Waals surface area contributed by atoms with Gasteiger partial charge in [0.15, 0.2) is 0 Å². The SMILES string of the molecule is COCCCNC(=O)c1cc(NC(=O)Cc2cccs2)ccc1N1CCN(c2ccccc2OC)CC1. The number of para-hydroxylation sites is 2. The van der Waals surface area contributed by atoms with Gasteiger partial charge in [0.25, 0.3) is 5.91 Å². The molecule has 2 aromatic carbocycles. The van der Waals surface area contributed by atoms with Crippen molar-refractivity contribution in [3.8, 4) is 5.75 Å². The third kappa shape index (κ3) is 7.02. The third-order valence-corrected chi connectivity index (χ3v) is 7.17. The molecule has 0 spiro atoms. The first-order valence-corrected chi connectivity index (χ1v) is 13.3. The number of piperazine rings is 1. The summed E-state index contributed by atoms with van der Waals surface area (Å²) in [6, 6.07) is 17.5. The van der Waals surface area contributed by atoms with Crippen LogP contribution in [0.3, 0.4) is 0 Å². The van der Waals surface area contributed by atoms with Crippen LogP contribution in [-0.4, -0.2) is 65.4 Å². The van der Waals surface area contributed by atoms with Crippen LogP contribution in [0.2, 0.25) is 0 Å². The summed E-state index contributed by atoms with van der Waals surface area (Å²) in [6.45, 7) is 4.21. The zero-order valence-corrected chi connectivity index (χ0v) is 22.2. The molecule has 1 fully saturated rings. The highest BCUT2D eigenvalue weighted by Gasteiger charge is 2.24. The first kappa shape index (κ1) is 26.5. The van der Waals surface area contributed by atoms with Crippen LogP contribution in [0.4, 0.5) is 17.1 Å². The van der Waals surface area contributed by atoms with Gasteiger partial charge in [-0.3, -0.25) is 9.59 Å². The second-order valence-corrected chi connectivity index (χ2v) is 9.82. The minimum atomic E-state index is -0.160. The number of carbonyl (C=O) groups is 2. The summed E-state index contributed by atoms with van der Waals surface area (Å²) >= 11 is 1.55. The Morgan fingerprint density at radius 1 is 0.946 bits per heavy atom. The lowest BCUT2D eigenvalue weighted by Crippen LogP contribution is -2.47. The molecule has 1 aromatic heterocycles. The summed E-state index contributed by atoms with van der Waals surface area (Å²) in [5.74, 6) is 0.592. The number of hydrogen-bond donors (Lipinski definition) is 2. The Bertz CT molecular complexity index is 1180. The zero-order valence-electron chi connectivity index (χ0n) is 21.4. The van der Waals surface area contributed by atoms with Crippen LogP contribution in [0, 0.1) is 0 Å². The number of amides is 2. The smallest absolute Gasteiger partial charge is 0.253 e. The molecule has 37 heavy (non-hydrogen) atoms. The number of methoxy groups -OCH3 is 2. The maximum Gasteiger partial charge on any atom is 0.253 e. The Morgan fingerprint density at radius 3 is 2.41 bits per heavy atom. The van der Waals surface area contributed by atoms with Crippen molar-refractivity contribution in [3.63, 3.8) is 0 Å². The number of nitrogens with one attached hydrogen (secondary N) is 2. The van der Waals surface area contributed by atoms with Crippen molar-refractivity contribution < 1.29 is 19.1 Å². The minimum absolute atomic E-state index is 0.105. The van der Waals surface area contributed by atoms with Crippen LogP contribution in [0.15, 0.2) is 60.0 Å². The third-order valence-electron chi connectivity index (χ3n) is 6.30. The molecule has 0 atom stereocenters. The van der Waals surface area contributed by atoms with Gasteiger partial charge in [-0.2, -0.15) is 0 Å². The molecule has 2 amide bonds. The van der Waals surface area contributed by atoms with Crippen molar-refractivity contribution in [1.29, 1.82) is 0 Å². The fourth-order valence-corrected chi connectivity index (χ4v) is 5.14. The number of ether oxygens (including phenoxy) is 2. The fraction of sp³-hybridized carbons (Fsp3) is 0.357. The molecule has 4 rings (SSSR count). The van der Waals surface area contributed by atoms with E-state index in [1.54, 1.807) is 31.6 Å². The highest BCUT2D eigenvalue weighted by molar-refractivity contribution is 7.10. The molecule has 0 saturated carbocycles. The van der Waals surface area contributed by atoms with E-state index in [0.717, 1.165) is 54.6 Å². The van der Waals surface area contributed by atoms with Gasteiger partial charge < -0.3 is 29.9 Å². The number of benzene rings is 2. The largest absolute Gasteiger partial charge is 0.495 e. The first-order chi connectivity index (χ1) is 18.1. The summed E-state index contributed by atoms with van der Waals surface area (Å²) < 4.78 is 10.6. The maximum absolute atomic E-state index is 13.2. The van der Waals surface area contributed by atoms with Crippen molar-refractivity contribution in [2.45, 2.75) is 12.8 Å². The number of hydrogen-bond acceptors (Lipinski definition) is 7. The molecule has 0 aliphatic carbocycles. The summed E-state index contributed by atoms with van der Waals surface area (Å²) in [6.07, 6.45) is 1.04. The average molecular weight is 523 g/mol. The number of nitrogens with zero attached hydrogens (tertiary/aromatic N) is 2. The Morgan fingerprint density at radius 2 is 1.70 bits per heavy atom. The highest BCUT2D eigenvalue weighted by Crippen LogP contribution is 2.31. The summed E-state index contributed by atoms with van der Waals surface area (Å²) in [5, 5.41) is 7.90. The van der Waals surface area contributed by atoms with Gasteiger partial charge in [-0.15, -0.1) is 11.3 Å². The van der Waals surface area contributed by atoms with Crippen molar-refractivity contribution in [1.82, 2.24) is 5.32 Å². The van der Waals surface area contributed by atoms with Crippen molar-refractivity contribution >= 4 is 40.2 Å². The lowest BCUT2D eigenvalue weighted by molar-refractivity contribution is -0.115. The molecular formula is C28H34N4O4S. The summed E-state index contributed by atoms with van der Waals surface area (Å²) in [5.41, 5.74) is 3.10. The molecule has 1 aliphatic heterocycles. The molecule has 1 saturated heterocycles. The zero-order chi connectivity index (χ0) is 26.0. The second-order valence-electron chi connectivity index (χ2n) is 8.78. The normalized spacial score (nSPS) is 13.4. The van der Waals surface area contributed by atoms with E-state index in [1.165, 1.54) is 0 Å². The molecule has 8 nitrogen and oxygen atoms in total. The van der Waals surface area contributed by atoms with Gasteiger partial charge in [-0.05, 0) is 48.2 Å². The van der Waals surface area contributed by atoms with Gasteiger partial charge in [0.2, 0.25) is 5.91 Å². The predicted molar refractivity (Wildman–Crippen MR) is 149 cm³/mol. The first-order valence-electron chi connectivity index (χ1n) is 12.5. The number of anilines is 3. The molecule has 2 heterocycles. The molecule has 0 radical (unpaired) electrons. The topological polar surface area (TPSA) is 83.1 Å². The van der Waals surface area contributed by atoms with E-state index in [0.29, 0.717) is 30.8 Å². The van der Waals surface area contributed by atoms with Gasteiger partial charge in [0.1, 0.15) is 5.75 Å². The van der Waals surface area contributed by atoms with Gasteiger partial charge in [-0.1, -0.05) is 18.2 Å². The van der Waals surface area contributed by atoms with E-state index >= 15 is 0 Å². The molecule has 0 unspecified atom stereocenters. The van der Waals surface area contributed by atoms with Gasteiger partial charge in [0, 0.05) is 62.7 Å². The lowest BCUT2D eigenvalue weighted by Gasteiger charge is -2.38. The maximum atomic E-state index is 13.2. The highest BCUT2D eigenvalue weighted by atomic mass is 32.1. The van der Waals surface area contributed by atoms with E-state index in [9.17, 15) is 9.59 Å². The number of thiophene rings is 1. The molecule has 9 heteroatoms. The Labute approximate surface area is 222 Å². The van der Waals surface area contributed by atoms with Crippen LogP contribution in [0.5, 0.6) is 5.75 Å². The van der Waals surface area contributed by atoms with Gasteiger partial charge in [0.05, 0.1) is 24.8 Å². The quantitative estimate of drug-likeness (QED) is 0.370. The Kier molecular flexibility index (Phi) is 9.40. The van der Waals surface area contributed by atoms with Gasteiger partial charge in [-0.25, -0.2) is 0 Å². The standard InChI is InChI=1S/C28H34N4O4S/c1-35-17-6-12-29-28(34)23-19-21(30-27(33)20-22-7-5-18-37-22)10-11-24(23)31-13-15-32(16-14-31)25-8-3-4-9-26(25)36-2/h3-5,7-11,18-19H,6,12-17,20H2,1-2H3,(H,29,34)(H,30,33). The van der Waals surface area contributed by atoms with Crippen molar-refractivity contribution in [2.75, 3.05) is 68.7 Å². The summed E-state index contributed by atoms with van der Waals surface area (Å²) in [7, 11) is 3.33. The monoisotopic (exact) mass is 522 g/mol. The molecule has 2 N–H and O–H groups in total. The Balaban J connectivity index is 1.49.